The van der Waals surface area contributed by atoms with Crippen molar-refractivity contribution in [3.8, 4) is 28.4 Å². The van der Waals surface area contributed by atoms with Gasteiger partial charge in [-0.3, -0.25) is 0 Å². The first-order chi connectivity index (χ1) is 13.2. The van der Waals surface area contributed by atoms with Crippen molar-refractivity contribution in [2.24, 2.45) is 0 Å². The van der Waals surface area contributed by atoms with Gasteiger partial charge in [0.05, 0.1) is 11.4 Å². The minimum atomic E-state index is 0.457. The van der Waals surface area contributed by atoms with E-state index in [0.717, 1.165) is 47.0 Å². The smallest absolute Gasteiger partial charge is 0.162 e. The molecule has 0 saturated carbocycles. The Kier molecular flexibility index (Phi) is 5.12. The van der Waals surface area contributed by atoms with Gasteiger partial charge in [0.2, 0.25) is 0 Å². The molecule has 0 bridgehead atoms. The molecule has 140 valence electrons. The number of hydrogen-bond acceptors (Lipinski definition) is 4. The summed E-state index contributed by atoms with van der Waals surface area (Å²) in [6, 6.07) is 16.7. The normalized spacial score (nSPS) is 14.1. The van der Waals surface area contributed by atoms with E-state index in [0.29, 0.717) is 19.3 Å². The highest BCUT2D eigenvalue weighted by Gasteiger charge is 2.17. The second kappa shape index (κ2) is 7.84. The number of para-hydroxylation sites is 1. The van der Waals surface area contributed by atoms with E-state index in [1.54, 1.807) is 0 Å². The summed E-state index contributed by atoms with van der Waals surface area (Å²) in [5.41, 5.74) is 4.21. The topological polar surface area (TPSA) is 48.3 Å². The first kappa shape index (κ1) is 17.6. The molecule has 1 aromatic heterocycles. The van der Waals surface area contributed by atoms with Gasteiger partial charge in [0.1, 0.15) is 13.2 Å². The third-order valence-electron chi connectivity index (χ3n) is 4.88. The first-order valence-electron chi connectivity index (χ1n) is 9.52. The number of ether oxygens (including phenoxy) is 2. The van der Waals surface area contributed by atoms with Crippen LogP contribution in [0.4, 0.5) is 0 Å². The van der Waals surface area contributed by atoms with Gasteiger partial charge in [-0.05, 0) is 43.7 Å². The van der Waals surface area contributed by atoms with E-state index in [9.17, 15) is 0 Å². The Morgan fingerprint density at radius 2 is 1.85 bits per heavy atom. The molecule has 0 aliphatic carbocycles. The molecular formula is C22H25N3O2. The number of nitrogens with zero attached hydrogens (tertiary/aromatic N) is 2. The van der Waals surface area contributed by atoms with Crippen LogP contribution in [0.2, 0.25) is 0 Å². The molecule has 1 N–H and O–H groups in total. The molecule has 5 nitrogen and oxygen atoms in total. The molecule has 27 heavy (non-hydrogen) atoms. The van der Waals surface area contributed by atoms with Crippen molar-refractivity contribution in [3.05, 3.63) is 60.3 Å². The number of hydrogen-bond donors (Lipinski definition) is 1. The maximum absolute atomic E-state index is 5.76. The van der Waals surface area contributed by atoms with Crippen LogP contribution in [0.15, 0.2) is 54.7 Å². The average Bonchev–Trinajstić information content (AvgIpc) is 3.16. The van der Waals surface area contributed by atoms with Gasteiger partial charge in [0.25, 0.3) is 0 Å². The summed E-state index contributed by atoms with van der Waals surface area (Å²) in [4.78, 5) is 0. The monoisotopic (exact) mass is 363 g/mol. The Morgan fingerprint density at radius 3 is 2.63 bits per heavy atom. The Balaban J connectivity index is 1.72. The van der Waals surface area contributed by atoms with Gasteiger partial charge in [-0.1, -0.05) is 25.1 Å². The van der Waals surface area contributed by atoms with Crippen molar-refractivity contribution in [2.45, 2.75) is 32.9 Å². The molecule has 0 amide bonds. The maximum atomic E-state index is 5.76. The largest absolute Gasteiger partial charge is 0.486 e. The summed E-state index contributed by atoms with van der Waals surface area (Å²) >= 11 is 0. The fraction of sp³-hybridized carbons (Fsp3) is 0.318. The number of nitrogens with one attached hydrogen (secondary N) is 1. The Morgan fingerprint density at radius 1 is 1.07 bits per heavy atom. The van der Waals surface area contributed by atoms with Gasteiger partial charge in [0, 0.05) is 29.9 Å². The highest BCUT2D eigenvalue weighted by molar-refractivity contribution is 5.67. The van der Waals surface area contributed by atoms with Crippen LogP contribution in [0.5, 0.6) is 11.5 Å². The molecule has 2 aromatic carbocycles. The summed E-state index contributed by atoms with van der Waals surface area (Å²) < 4.78 is 13.4. The van der Waals surface area contributed by atoms with Crippen molar-refractivity contribution in [1.82, 2.24) is 15.1 Å². The Bertz CT molecular complexity index is 905. The van der Waals surface area contributed by atoms with E-state index in [4.69, 9.17) is 14.6 Å². The van der Waals surface area contributed by atoms with Gasteiger partial charge in [-0.2, -0.15) is 5.10 Å². The second-order valence-corrected chi connectivity index (χ2v) is 6.83. The second-order valence-electron chi connectivity index (χ2n) is 6.83. The number of aromatic nitrogens is 2. The van der Waals surface area contributed by atoms with E-state index in [-0.39, 0.29) is 0 Å². The van der Waals surface area contributed by atoms with Gasteiger partial charge in [0.15, 0.2) is 11.5 Å². The van der Waals surface area contributed by atoms with Crippen LogP contribution >= 0.6 is 0 Å². The molecule has 1 unspecified atom stereocenters. The molecule has 1 atom stereocenters. The molecule has 0 spiro atoms. The van der Waals surface area contributed by atoms with Crippen molar-refractivity contribution in [1.29, 1.82) is 0 Å². The molecule has 5 heteroatoms. The lowest BCUT2D eigenvalue weighted by molar-refractivity contribution is 0.171. The lowest BCUT2D eigenvalue weighted by atomic mass is 10.1. The molecule has 0 saturated heterocycles. The summed E-state index contributed by atoms with van der Waals surface area (Å²) in [5.74, 6) is 1.58. The van der Waals surface area contributed by atoms with Crippen LogP contribution in [0.3, 0.4) is 0 Å². The molecule has 1 aliphatic rings. The minimum Gasteiger partial charge on any atom is -0.486 e. The van der Waals surface area contributed by atoms with Crippen molar-refractivity contribution in [3.63, 3.8) is 0 Å². The van der Waals surface area contributed by atoms with Crippen LogP contribution in [0, 0.1) is 0 Å². The van der Waals surface area contributed by atoms with E-state index in [2.05, 4.69) is 43.6 Å². The molecule has 0 radical (unpaired) electrons. The van der Waals surface area contributed by atoms with Crippen molar-refractivity contribution < 1.29 is 9.47 Å². The third kappa shape index (κ3) is 3.83. The zero-order valence-corrected chi connectivity index (χ0v) is 15.8. The summed E-state index contributed by atoms with van der Waals surface area (Å²) in [5, 5.41) is 8.46. The quantitative estimate of drug-likeness (QED) is 0.713. The highest BCUT2D eigenvalue weighted by Crippen LogP contribution is 2.35. The summed E-state index contributed by atoms with van der Waals surface area (Å²) in [6.45, 7) is 6.33. The highest BCUT2D eigenvalue weighted by atomic mass is 16.6. The van der Waals surface area contributed by atoms with Crippen molar-refractivity contribution in [2.75, 3.05) is 13.2 Å². The molecule has 4 rings (SSSR count). The summed E-state index contributed by atoms with van der Waals surface area (Å²) in [7, 11) is 0. The summed E-state index contributed by atoms with van der Waals surface area (Å²) in [6.07, 6.45) is 3.20. The van der Waals surface area contributed by atoms with Crippen LogP contribution in [0.1, 0.15) is 25.8 Å². The van der Waals surface area contributed by atoms with Gasteiger partial charge < -0.3 is 14.8 Å². The molecule has 3 aromatic rings. The zero-order chi connectivity index (χ0) is 18.6. The predicted octanol–water partition coefficient (Wildman–Crippen LogP) is 4.20. The number of benzene rings is 2. The fourth-order valence-corrected chi connectivity index (χ4v) is 3.11. The molecule has 1 aliphatic heterocycles. The number of rotatable bonds is 6. The SMILES string of the molecule is CCC(C)NCc1cn(-c2ccccc2)nc1-c1ccc2c(c1)OCCO2. The van der Waals surface area contributed by atoms with E-state index in [1.807, 2.05) is 35.0 Å². The minimum absolute atomic E-state index is 0.457. The lowest BCUT2D eigenvalue weighted by Gasteiger charge is -2.18. The average molecular weight is 363 g/mol. The van der Waals surface area contributed by atoms with E-state index < -0.39 is 0 Å². The van der Waals surface area contributed by atoms with Gasteiger partial charge in [-0.25, -0.2) is 4.68 Å². The third-order valence-corrected chi connectivity index (χ3v) is 4.88. The first-order valence-corrected chi connectivity index (χ1v) is 9.52. The van der Waals surface area contributed by atoms with E-state index in [1.165, 1.54) is 0 Å². The standard InChI is InChI=1S/C22H25N3O2/c1-3-16(2)23-14-18-15-25(19-7-5-4-6-8-19)24-22(18)17-9-10-20-21(13-17)27-12-11-26-20/h4-10,13,15-16,23H,3,11-12,14H2,1-2H3. The maximum Gasteiger partial charge on any atom is 0.162 e. The fourth-order valence-electron chi connectivity index (χ4n) is 3.11. The zero-order valence-electron chi connectivity index (χ0n) is 15.8. The van der Waals surface area contributed by atoms with Gasteiger partial charge >= 0.3 is 0 Å². The van der Waals surface area contributed by atoms with Crippen LogP contribution in [0.25, 0.3) is 16.9 Å². The molecular weight excluding hydrogens is 338 g/mol. The van der Waals surface area contributed by atoms with E-state index >= 15 is 0 Å². The Hall–Kier alpha value is -2.79. The van der Waals surface area contributed by atoms with Crippen LogP contribution in [-0.2, 0) is 6.54 Å². The van der Waals surface area contributed by atoms with Crippen LogP contribution in [-0.4, -0.2) is 29.0 Å². The van der Waals surface area contributed by atoms with Gasteiger partial charge in [-0.15, -0.1) is 0 Å². The number of fused-ring (bicyclic) bond motifs is 1. The molecule has 2 heterocycles. The predicted molar refractivity (Wildman–Crippen MR) is 107 cm³/mol. The van der Waals surface area contributed by atoms with Crippen LogP contribution < -0.4 is 14.8 Å². The molecule has 0 fully saturated rings. The Labute approximate surface area is 159 Å². The lowest BCUT2D eigenvalue weighted by Crippen LogP contribution is -2.24. The van der Waals surface area contributed by atoms with Crippen molar-refractivity contribution >= 4 is 0 Å².